The summed E-state index contributed by atoms with van der Waals surface area (Å²) in [6.07, 6.45) is 0.189. The molecule has 0 bridgehead atoms. The van der Waals surface area contributed by atoms with Crippen LogP contribution in [0.25, 0.3) is 0 Å². The van der Waals surface area contributed by atoms with E-state index >= 15 is 0 Å². The van der Waals surface area contributed by atoms with Crippen LogP contribution >= 0.6 is 0 Å². The van der Waals surface area contributed by atoms with E-state index < -0.39 is 40.5 Å². The molecule has 7 nitrogen and oxygen atoms in total. The average Bonchev–Trinajstić information content (AvgIpc) is 3.07. The van der Waals surface area contributed by atoms with Gasteiger partial charge in [-0.15, -0.1) is 0 Å². The number of nitro groups is 1. The van der Waals surface area contributed by atoms with E-state index in [1.807, 2.05) is 0 Å². The lowest BCUT2D eigenvalue weighted by Crippen LogP contribution is -2.16. The van der Waals surface area contributed by atoms with Crippen LogP contribution in [-0.2, 0) is 24.3 Å². The van der Waals surface area contributed by atoms with Gasteiger partial charge in [0.1, 0.15) is 23.9 Å². The van der Waals surface area contributed by atoms with Gasteiger partial charge >= 0.3 is 11.7 Å². The van der Waals surface area contributed by atoms with Gasteiger partial charge in [-0.05, 0) is 18.6 Å². The van der Waals surface area contributed by atoms with Crippen molar-refractivity contribution in [2.75, 3.05) is 0 Å². The van der Waals surface area contributed by atoms with E-state index in [0.717, 1.165) is 4.68 Å². The van der Waals surface area contributed by atoms with Gasteiger partial charge in [0.2, 0.25) is 5.69 Å². The normalized spacial score (nSPS) is 10.7. The molecular formula is C20H17F2N3O4. The molecule has 2 aromatic carbocycles. The van der Waals surface area contributed by atoms with Crippen molar-refractivity contribution in [3.05, 3.63) is 92.8 Å². The minimum Gasteiger partial charge on any atom is -0.456 e. The first-order valence-electron chi connectivity index (χ1n) is 8.80. The summed E-state index contributed by atoms with van der Waals surface area (Å²) in [6.45, 7) is 1.05. The van der Waals surface area contributed by atoms with Crippen molar-refractivity contribution < 1.29 is 23.2 Å². The number of aromatic nitrogens is 2. The largest absolute Gasteiger partial charge is 0.456 e. The summed E-state index contributed by atoms with van der Waals surface area (Å²) >= 11 is 0. The highest BCUT2D eigenvalue weighted by atomic mass is 19.1. The molecule has 3 rings (SSSR count). The number of halogens is 2. The Balaban J connectivity index is 1.97. The van der Waals surface area contributed by atoms with Crippen molar-refractivity contribution in [3.63, 3.8) is 0 Å². The predicted octanol–water partition coefficient (Wildman–Crippen LogP) is 4.04. The van der Waals surface area contributed by atoms with Crippen LogP contribution in [0.4, 0.5) is 14.5 Å². The van der Waals surface area contributed by atoms with Crippen LogP contribution in [0.2, 0.25) is 0 Å². The summed E-state index contributed by atoms with van der Waals surface area (Å²) < 4.78 is 34.0. The number of nitrogens with zero attached hydrogens (tertiary/aromatic N) is 3. The number of ether oxygens (including phenoxy) is 1. The van der Waals surface area contributed by atoms with Gasteiger partial charge in [-0.3, -0.25) is 10.1 Å². The van der Waals surface area contributed by atoms with Gasteiger partial charge in [0.05, 0.1) is 11.5 Å². The second-order valence-corrected chi connectivity index (χ2v) is 6.17. The van der Waals surface area contributed by atoms with Gasteiger partial charge < -0.3 is 4.74 Å². The Labute approximate surface area is 164 Å². The molecular weight excluding hydrogens is 384 g/mol. The smallest absolute Gasteiger partial charge is 0.364 e. The number of carbonyl (C=O) groups is 1. The minimum absolute atomic E-state index is 0.0733. The van der Waals surface area contributed by atoms with Crippen molar-refractivity contribution in [1.82, 2.24) is 9.78 Å². The van der Waals surface area contributed by atoms with Gasteiger partial charge in [-0.2, -0.15) is 5.10 Å². The molecule has 0 aliphatic rings. The summed E-state index contributed by atoms with van der Waals surface area (Å²) in [7, 11) is 0. The zero-order valence-corrected chi connectivity index (χ0v) is 15.5. The molecule has 0 aliphatic carbocycles. The first-order valence-corrected chi connectivity index (χ1v) is 8.80. The molecule has 0 aliphatic heterocycles. The molecule has 1 aromatic heterocycles. The zero-order chi connectivity index (χ0) is 21.0. The summed E-state index contributed by atoms with van der Waals surface area (Å²) in [5.41, 5.74) is -0.506. The molecule has 0 saturated carbocycles. The minimum atomic E-state index is -1.04. The maximum atomic E-state index is 14.0. The lowest BCUT2D eigenvalue weighted by molar-refractivity contribution is -0.386. The van der Waals surface area contributed by atoms with Crippen molar-refractivity contribution in [3.8, 4) is 0 Å². The monoisotopic (exact) mass is 401 g/mol. The van der Waals surface area contributed by atoms with E-state index in [9.17, 15) is 23.7 Å². The summed E-state index contributed by atoms with van der Waals surface area (Å²) in [6, 6.07) is 11.6. The van der Waals surface area contributed by atoms with E-state index in [-0.39, 0.29) is 29.8 Å². The van der Waals surface area contributed by atoms with Crippen molar-refractivity contribution >= 4 is 11.7 Å². The van der Waals surface area contributed by atoms with E-state index in [0.29, 0.717) is 0 Å². The Bertz CT molecular complexity index is 1070. The maximum absolute atomic E-state index is 14.0. The molecule has 0 unspecified atom stereocenters. The SMILES string of the molecule is CCc1nn(Cc2ccccc2F)c(C(=O)OCc2ccccc2F)c1[N+](=O)[O-]. The van der Waals surface area contributed by atoms with Crippen LogP contribution in [0.1, 0.15) is 34.2 Å². The number of rotatable bonds is 7. The number of hydrogen-bond donors (Lipinski definition) is 0. The van der Waals surface area contributed by atoms with Crippen molar-refractivity contribution in [1.29, 1.82) is 0 Å². The van der Waals surface area contributed by atoms with Crippen LogP contribution < -0.4 is 0 Å². The van der Waals surface area contributed by atoms with E-state index in [4.69, 9.17) is 4.74 Å². The molecule has 9 heteroatoms. The highest BCUT2D eigenvalue weighted by Crippen LogP contribution is 2.26. The van der Waals surface area contributed by atoms with Crippen LogP contribution in [0.3, 0.4) is 0 Å². The third-order valence-corrected chi connectivity index (χ3v) is 4.30. The number of carbonyl (C=O) groups excluding carboxylic acids is 1. The highest BCUT2D eigenvalue weighted by molar-refractivity contribution is 5.92. The fourth-order valence-electron chi connectivity index (χ4n) is 2.86. The van der Waals surface area contributed by atoms with Gasteiger partial charge in [-0.1, -0.05) is 43.3 Å². The fourth-order valence-corrected chi connectivity index (χ4v) is 2.86. The molecule has 0 N–H and O–H groups in total. The van der Waals surface area contributed by atoms with Crippen molar-refractivity contribution in [2.24, 2.45) is 0 Å². The van der Waals surface area contributed by atoms with E-state index in [1.165, 1.54) is 36.4 Å². The number of esters is 1. The maximum Gasteiger partial charge on any atom is 0.364 e. The molecule has 0 atom stereocenters. The Hall–Kier alpha value is -3.62. The first-order chi connectivity index (χ1) is 13.9. The fraction of sp³-hybridized carbons (Fsp3) is 0.200. The third kappa shape index (κ3) is 4.29. The van der Waals surface area contributed by atoms with Crippen molar-refractivity contribution in [2.45, 2.75) is 26.5 Å². The van der Waals surface area contributed by atoms with Gasteiger partial charge in [0.15, 0.2) is 0 Å². The van der Waals surface area contributed by atoms with Gasteiger partial charge in [-0.25, -0.2) is 18.3 Å². The van der Waals surface area contributed by atoms with Crippen LogP contribution in [0, 0.1) is 21.7 Å². The molecule has 150 valence electrons. The topological polar surface area (TPSA) is 87.3 Å². The Morgan fingerprint density at radius 1 is 1.10 bits per heavy atom. The molecule has 0 radical (unpaired) electrons. The lowest BCUT2D eigenvalue weighted by Gasteiger charge is -2.09. The van der Waals surface area contributed by atoms with Crippen LogP contribution in [-0.4, -0.2) is 20.7 Å². The predicted molar refractivity (Wildman–Crippen MR) is 99.3 cm³/mol. The number of benzene rings is 2. The quantitative estimate of drug-likeness (QED) is 0.339. The average molecular weight is 401 g/mol. The number of aryl methyl sites for hydroxylation is 1. The van der Waals surface area contributed by atoms with Gasteiger partial charge in [0.25, 0.3) is 0 Å². The molecule has 0 saturated heterocycles. The first kappa shape index (κ1) is 20.1. The third-order valence-electron chi connectivity index (χ3n) is 4.30. The summed E-state index contributed by atoms with van der Waals surface area (Å²) in [5, 5.41) is 15.7. The lowest BCUT2D eigenvalue weighted by atomic mass is 10.2. The highest BCUT2D eigenvalue weighted by Gasteiger charge is 2.33. The Morgan fingerprint density at radius 2 is 1.69 bits per heavy atom. The molecule has 0 spiro atoms. The molecule has 0 amide bonds. The number of hydrogen-bond acceptors (Lipinski definition) is 5. The molecule has 0 fully saturated rings. The summed E-state index contributed by atoms with van der Waals surface area (Å²) in [5.74, 6) is -2.14. The van der Waals surface area contributed by atoms with E-state index in [2.05, 4.69) is 5.10 Å². The Kier molecular flexibility index (Phi) is 5.96. The second-order valence-electron chi connectivity index (χ2n) is 6.17. The molecule has 3 aromatic rings. The Morgan fingerprint density at radius 3 is 2.24 bits per heavy atom. The molecule has 29 heavy (non-hydrogen) atoms. The van der Waals surface area contributed by atoms with E-state index in [1.54, 1.807) is 19.1 Å². The second kappa shape index (κ2) is 8.59. The standard InChI is InChI=1S/C20H17F2N3O4/c1-2-17-18(25(27)28)19(20(26)29-12-14-8-4-6-10-16(14)22)24(23-17)11-13-7-3-5-9-15(13)21/h3-10H,2,11-12H2,1H3. The van der Waals surface area contributed by atoms with Crippen LogP contribution in [0.5, 0.6) is 0 Å². The van der Waals surface area contributed by atoms with Gasteiger partial charge in [0, 0.05) is 11.1 Å². The zero-order valence-electron chi connectivity index (χ0n) is 15.5. The molecule has 1 heterocycles. The van der Waals surface area contributed by atoms with Crippen LogP contribution in [0.15, 0.2) is 48.5 Å². The summed E-state index contributed by atoms with van der Waals surface area (Å²) in [4.78, 5) is 23.5.